The number of amides is 2. The lowest BCUT2D eigenvalue weighted by molar-refractivity contribution is -0.117. The first-order valence-electron chi connectivity index (χ1n) is 5.77. The smallest absolute Gasteiger partial charge is 0.421 e. The molecule has 96 valence electrons. The van der Waals surface area contributed by atoms with Crippen LogP contribution in [0.3, 0.4) is 0 Å². The SMILES string of the molecule is CC(C)COC(=O)N1C(=O)Cc2cc(Cl)ccc21. The molecule has 0 spiro atoms. The van der Waals surface area contributed by atoms with Gasteiger partial charge in [-0.3, -0.25) is 4.79 Å². The molecule has 0 fully saturated rings. The lowest BCUT2D eigenvalue weighted by Crippen LogP contribution is -2.34. The molecule has 1 aliphatic heterocycles. The molecule has 1 aromatic rings. The minimum Gasteiger partial charge on any atom is -0.449 e. The second kappa shape index (κ2) is 4.98. The molecule has 0 aliphatic carbocycles. The number of carbonyl (C=O) groups excluding carboxylic acids is 2. The number of fused-ring (bicyclic) bond motifs is 1. The Kier molecular flexibility index (Phi) is 3.57. The molecule has 0 atom stereocenters. The lowest BCUT2D eigenvalue weighted by atomic mass is 10.2. The molecule has 0 radical (unpaired) electrons. The Morgan fingerprint density at radius 3 is 2.89 bits per heavy atom. The van der Waals surface area contributed by atoms with E-state index in [1.54, 1.807) is 18.2 Å². The standard InChI is InChI=1S/C13H14ClNO3/c1-8(2)7-18-13(17)15-11-4-3-10(14)5-9(11)6-12(15)16/h3-5,8H,6-7H2,1-2H3. The molecule has 0 unspecified atom stereocenters. The average Bonchev–Trinajstić information content (AvgIpc) is 2.61. The Morgan fingerprint density at radius 2 is 2.22 bits per heavy atom. The fourth-order valence-electron chi connectivity index (χ4n) is 1.79. The molecule has 0 N–H and O–H groups in total. The predicted octanol–water partition coefficient (Wildman–Crippen LogP) is 3.02. The Labute approximate surface area is 110 Å². The maximum Gasteiger partial charge on any atom is 0.421 e. The molecule has 0 saturated heterocycles. The summed E-state index contributed by atoms with van der Waals surface area (Å²) in [6.45, 7) is 4.17. The van der Waals surface area contributed by atoms with Gasteiger partial charge in [-0.25, -0.2) is 9.69 Å². The molecule has 0 aromatic heterocycles. The summed E-state index contributed by atoms with van der Waals surface area (Å²) in [5.41, 5.74) is 1.33. The fraction of sp³-hybridized carbons (Fsp3) is 0.385. The summed E-state index contributed by atoms with van der Waals surface area (Å²) >= 11 is 5.86. The number of hydrogen-bond donors (Lipinski definition) is 0. The van der Waals surface area contributed by atoms with Crippen molar-refractivity contribution in [2.75, 3.05) is 11.5 Å². The van der Waals surface area contributed by atoms with Crippen LogP contribution in [0.25, 0.3) is 0 Å². The first-order valence-corrected chi connectivity index (χ1v) is 6.15. The number of rotatable bonds is 2. The van der Waals surface area contributed by atoms with Crippen molar-refractivity contribution in [3.05, 3.63) is 28.8 Å². The number of carbonyl (C=O) groups is 2. The van der Waals surface area contributed by atoms with E-state index in [4.69, 9.17) is 16.3 Å². The van der Waals surface area contributed by atoms with Gasteiger partial charge in [0.1, 0.15) is 0 Å². The third-order valence-electron chi connectivity index (χ3n) is 2.60. The molecular weight excluding hydrogens is 254 g/mol. The summed E-state index contributed by atoms with van der Waals surface area (Å²) in [5, 5.41) is 0.555. The third-order valence-corrected chi connectivity index (χ3v) is 2.83. The summed E-state index contributed by atoms with van der Waals surface area (Å²) in [6, 6.07) is 5.02. The molecule has 0 bridgehead atoms. The number of anilines is 1. The second-order valence-electron chi connectivity index (χ2n) is 4.65. The average molecular weight is 268 g/mol. The zero-order valence-corrected chi connectivity index (χ0v) is 11.0. The van der Waals surface area contributed by atoms with Crippen molar-refractivity contribution in [2.24, 2.45) is 5.92 Å². The van der Waals surface area contributed by atoms with Crippen LogP contribution in [-0.4, -0.2) is 18.6 Å². The van der Waals surface area contributed by atoms with E-state index in [0.717, 1.165) is 10.5 Å². The largest absolute Gasteiger partial charge is 0.449 e. The number of imide groups is 1. The number of benzene rings is 1. The molecule has 5 heteroatoms. The van der Waals surface area contributed by atoms with Crippen molar-refractivity contribution in [3.63, 3.8) is 0 Å². The molecule has 2 amide bonds. The Balaban J connectivity index is 2.20. The third kappa shape index (κ3) is 2.48. The first-order chi connectivity index (χ1) is 8.49. The van der Waals surface area contributed by atoms with Gasteiger partial charge in [0.2, 0.25) is 5.91 Å². The van der Waals surface area contributed by atoms with Gasteiger partial charge in [0.05, 0.1) is 18.7 Å². The summed E-state index contributed by atoms with van der Waals surface area (Å²) < 4.78 is 5.08. The molecule has 18 heavy (non-hydrogen) atoms. The van der Waals surface area contributed by atoms with Crippen molar-refractivity contribution in [3.8, 4) is 0 Å². The zero-order chi connectivity index (χ0) is 13.3. The van der Waals surface area contributed by atoms with Crippen LogP contribution in [0.1, 0.15) is 19.4 Å². The van der Waals surface area contributed by atoms with E-state index >= 15 is 0 Å². The van der Waals surface area contributed by atoms with E-state index < -0.39 is 6.09 Å². The molecule has 1 heterocycles. The van der Waals surface area contributed by atoms with Gasteiger partial charge in [0.15, 0.2) is 0 Å². The van der Waals surface area contributed by atoms with Crippen molar-refractivity contribution in [1.82, 2.24) is 0 Å². The van der Waals surface area contributed by atoms with E-state index in [9.17, 15) is 9.59 Å². The summed E-state index contributed by atoms with van der Waals surface area (Å²) in [6.07, 6.45) is -0.429. The van der Waals surface area contributed by atoms with Crippen LogP contribution in [0.2, 0.25) is 5.02 Å². The number of hydrogen-bond acceptors (Lipinski definition) is 3. The number of halogens is 1. The van der Waals surface area contributed by atoms with Crippen LogP contribution in [0.4, 0.5) is 10.5 Å². The van der Waals surface area contributed by atoms with Crippen LogP contribution in [0.5, 0.6) is 0 Å². The van der Waals surface area contributed by atoms with Crippen LogP contribution >= 0.6 is 11.6 Å². The molecule has 1 aromatic carbocycles. The monoisotopic (exact) mass is 267 g/mol. The van der Waals surface area contributed by atoms with Gasteiger partial charge in [0, 0.05) is 5.02 Å². The van der Waals surface area contributed by atoms with Gasteiger partial charge in [-0.2, -0.15) is 0 Å². The van der Waals surface area contributed by atoms with Crippen LogP contribution in [0, 0.1) is 5.92 Å². The van der Waals surface area contributed by atoms with Crippen molar-refractivity contribution in [1.29, 1.82) is 0 Å². The maximum atomic E-state index is 11.9. The number of nitrogens with zero attached hydrogens (tertiary/aromatic N) is 1. The highest BCUT2D eigenvalue weighted by Gasteiger charge is 2.33. The van der Waals surface area contributed by atoms with Crippen molar-refractivity contribution < 1.29 is 14.3 Å². The van der Waals surface area contributed by atoms with E-state index in [0.29, 0.717) is 17.3 Å². The van der Waals surface area contributed by atoms with Crippen LogP contribution in [0.15, 0.2) is 18.2 Å². The van der Waals surface area contributed by atoms with E-state index in [2.05, 4.69) is 0 Å². The van der Waals surface area contributed by atoms with Crippen molar-refractivity contribution in [2.45, 2.75) is 20.3 Å². The summed E-state index contributed by atoms with van der Waals surface area (Å²) in [7, 11) is 0. The van der Waals surface area contributed by atoms with E-state index in [1.807, 2.05) is 13.8 Å². The van der Waals surface area contributed by atoms with Gasteiger partial charge in [-0.15, -0.1) is 0 Å². The highest BCUT2D eigenvalue weighted by Crippen LogP contribution is 2.31. The fourth-order valence-corrected chi connectivity index (χ4v) is 1.99. The Hall–Kier alpha value is -1.55. The quantitative estimate of drug-likeness (QED) is 0.827. The van der Waals surface area contributed by atoms with Gasteiger partial charge in [-0.1, -0.05) is 25.4 Å². The maximum absolute atomic E-state index is 11.9. The molecule has 4 nitrogen and oxygen atoms in total. The minimum atomic E-state index is -0.616. The lowest BCUT2D eigenvalue weighted by Gasteiger charge is -2.16. The van der Waals surface area contributed by atoms with Crippen molar-refractivity contribution >= 4 is 29.3 Å². The Bertz CT molecular complexity index is 499. The van der Waals surface area contributed by atoms with Gasteiger partial charge in [0.25, 0.3) is 0 Å². The number of ether oxygens (including phenoxy) is 1. The first kappa shape index (κ1) is 12.9. The van der Waals surface area contributed by atoms with E-state index in [-0.39, 0.29) is 18.2 Å². The zero-order valence-electron chi connectivity index (χ0n) is 10.3. The van der Waals surface area contributed by atoms with Gasteiger partial charge >= 0.3 is 6.09 Å². The minimum absolute atomic E-state index is 0.187. The van der Waals surface area contributed by atoms with Crippen LogP contribution < -0.4 is 4.90 Å². The predicted molar refractivity (Wildman–Crippen MR) is 68.8 cm³/mol. The Morgan fingerprint density at radius 1 is 1.50 bits per heavy atom. The molecule has 0 saturated carbocycles. The molecule has 2 rings (SSSR count). The summed E-state index contributed by atoms with van der Waals surface area (Å²) in [5.74, 6) is -0.0441. The summed E-state index contributed by atoms with van der Waals surface area (Å²) in [4.78, 5) is 24.7. The normalized spacial score (nSPS) is 14.0. The second-order valence-corrected chi connectivity index (χ2v) is 5.09. The van der Waals surface area contributed by atoms with Crippen LogP contribution in [-0.2, 0) is 16.0 Å². The topological polar surface area (TPSA) is 46.6 Å². The highest BCUT2D eigenvalue weighted by atomic mass is 35.5. The highest BCUT2D eigenvalue weighted by molar-refractivity contribution is 6.31. The van der Waals surface area contributed by atoms with Gasteiger partial charge in [-0.05, 0) is 29.7 Å². The molecule has 1 aliphatic rings. The van der Waals surface area contributed by atoms with E-state index in [1.165, 1.54) is 0 Å². The molecular formula is C13H14ClNO3. The van der Waals surface area contributed by atoms with Gasteiger partial charge < -0.3 is 4.74 Å².